The van der Waals surface area contributed by atoms with Gasteiger partial charge in [-0.2, -0.15) is 0 Å². The van der Waals surface area contributed by atoms with Crippen molar-refractivity contribution in [3.05, 3.63) is 41.2 Å². The van der Waals surface area contributed by atoms with Crippen LogP contribution in [0.15, 0.2) is 35.5 Å². The van der Waals surface area contributed by atoms with E-state index in [9.17, 15) is 14.0 Å². The molecular weight excluding hydrogens is 375 g/mol. The largest absolute Gasteiger partial charge is 0.491 e. The Morgan fingerprint density at radius 2 is 2.19 bits per heavy atom. The highest BCUT2D eigenvalue weighted by Crippen LogP contribution is 2.36. The fourth-order valence-corrected chi connectivity index (χ4v) is 2.74. The number of carbonyl (C=O) groups excluding carboxylic acids is 2. The minimum absolute atomic E-state index is 0.0158. The standard InChI is InChI=1S/C19H22ClFN2O4/c1-18(2,3)27-17(25)23-15-8-12(9-22-16(15)10-24)26-11-13-14(20)6-5-7-19(13,4)21/h5-10,13H,11H2,1-4H3,(H,23,25). The van der Waals surface area contributed by atoms with Crippen LogP contribution in [-0.2, 0) is 4.74 Å². The number of amides is 1. The molecule has 0 saturated carbocycles. The molecule has 2 atom stereocenters. The summed E-state index contributed by atoms with van der Waals surface area (Å²) in [5.41, 5.74) is -2.21. The minimum Gasteiger partial charge on any atom is -0.491 e. The van der Waals surface area contributed by atoms with Gasteiger partial charge in [0, 0.05) is 11.1 Å². The Morgan fingerprint density at radius 3 is 2.78 bits per heavy atom. The van der Waals surface area contributed by atoms with Crippen LogP contribution in [0.5, 0.6) is 5.75 Å². The van der Waals surface area contributed by atoms with Crippen LogP contribution in [0.3, 0.4) is 0 Å². The summed E-state index contributed by atoms with van der Waals surface area (Å²) in [6, 6.07) is 1.42. The fourth-order valence-electron chi connectivity index (χ4n) is 2.39. The number of carbonyl (C=O) groups is 2. The average molecular weight is 397 g/mol. The van der Waals surface area contributed by atoms with Crippen molar-refractivity contribution in [2.24, 2.45) is 5.92 Å². The number of ether oxygens (including phenoxy) is 2. The molecule has 1 aromatic rings. The molecule has 1 N–H and O–H groups in total. The lowest BCUT2D eigenvalue weighted by atomic mass is 9.87. The van der Waals surface area contributed by atoms with Crippen LogP contribution in [0.2, 0.25) is 0 Å². The van der Waals surface area contributed by atoms with E-state index in [0.29, 0.717) is 11.3 Å². The summed E-state index contributed by atoms with van der Waals surface area (Å²) in [5, 5.41) is 2.80. The number of aromatic nitrogens is 1. The molecule has 2 rings (SSSR count). The van der Waals surface area contributed by atoms with Crippen molar-refractivity contribution < 1.29 is 23.5 Å². The van der Waals surface area contributed by atoms with E-state index in [0.717, 1.165) is 0 Å². The van der Waals surface area contributed by atoms with Gasteiger partial charge in [0.1, 0.15) is 22.7 Å². The van der Waals surface area contributed by atoms with Gasteiger partial charge < -0.3 is 9.47 Å². The highest BCUT2D eigenvalue weighted by atomic mass is 35.5. The van der Waals surface area contributed by atoms with E-state index in [1.54, 1.807) is 32.9 Å². The van der Waals surface area contributed by atoms with Crippen molar-refractivity contribution >= 4 is 29.7 Å². The second kappa shape index (κ2) is 8.08. The maximum absolute atomic E-state index is 14.6. The van der Waals surface area contributed by atoms with E-state index in [-0.39, 0.29) is 23.7 Å². The van der Waals surface area contributed by atoms with E-state index in [1.165, 1.54) is 25.3 Å². The van der Waals surface area contributed by atoms with Crippen molar-refractivity contribution in [2.75, 3.05) is 11.9 Å². The van der Waals surface area contributed by atoms with Crippen molar-refractivity contribution in [3.8, 4) is 5.75 Å². The first kappa shape index (κ1) is 20.9. The van der Waals surface area contributed by atoms with Gasteiger partial charge in [-0.05, 0) is 39.8 Å². The molecule has 0 bridgehead atoms. The van der Waals surface area contributed by atoms with E-state index >= 15 is 0 Å². The van der Waals surface area contributed by atoms with Crippen LogP contribution in [0.4, 0.5) is 14.9 Å². The van der Waals surface area contributed by atoms with Crippen LogP contribution in [0, 0.1) is 5.92 Å². The monoisotopic (exact) mass is 396 g/mol. The maximum atomic E-state index is 14.6. The molecule has 0 radical (unpaired) electrons. The third-order valence-electron chi connectivity index (χ3n) is 3.75. The number of hydrogen-bond acceptors (Lipinski definition) is 5. The molecule has 27 heavy (non-hydrogen) atoms. The topological polar surface area (TPSA) is 77.5 Å². The van der Waals surface area contributed by atoms with Crippen LogP contribution in [0.1, 0.15) is 38.2 Å². The third-order valence-corrected chi connectivity index (χ3v) is 4.14. The summed E-state index contributed by atoms with van der Waals surface area (Å²) in [6.45, 7) is 6.52. The summed E-state index contributed by atoms with van der Waals surface area (Å²) in [7, 11) is 0. The van der Waals surface area contributed by atoms with E-state index < -0.39 is 23.3 Å². The van der Waals surface area contributed by atoms with Crippen molar-refractivity contribution in [1.82, 2.24) is 4.98 Å². The number of alkyl halides is 1. The normalized spacial score (nSPS) is 22.0. The van der Waals surface area contributed by atoms with Crippen LogP contribution in [-0.4, -0.2) is 35.2 Å². The quantitative estimate of drug-likeness (QED) is 0.732. The van der Waals surface area contributed by atoms with E-state index in [2.05, 4.69) is 10.3 Å². The highest BCUT2D eigenvalue weighted by Gasteiger charge is 2.36. The first-order valence-electron chi connectivity index (χ1n) is 8.33. The Bertz CT molecular complexity index is 784. The van der Waals surface area contributed by atoms with Crippen molar-refractivity contribution in [2.45, 2.75) is 39.0 Å². The van der Waals surface area contributed by atoms with Crippen molar-refractivity contribution in [1.29, 1.82) is 0 Å². The van der Waals surface area contributed by atoms with Gasteiger partial charge in [-0.25, -0.2) is 14.2 Å². The lowest BCUT2D eigenvalue weighted by Gasteiger charge is -2.29. The van der Waals surface area contributed by atoms with Crippen LogP contribution in [0.25, 0.3) is 0 Å². The summed E-state index contributed by atoms with van der Waals surface area (Å²) in [4.78, 5) is 27.0. The molecule has 6 nitrogen and oxygen atoms in total. The van der Waals surface area contributed by atoms with Gasteiger partial charge in [-0.3, -0.25) is 10.1 Å². The second-order valence-electron chi connectivity index (χ2n) is 7.27. The van der Waals surface area contributed by atoms with E-state index in [1.807, 2.05) is 0 Å². The molecule has 146 valence electrons. The molecule has 2 unspecified atom stereocenters. The molecular formula is C19H22ClFN2O4. The number of halogens is 2. The predicted octanol–water partition coefficient (Wildman–Crippen LogP) is 4.66. The lowest BCUT2D eigenvalue weighted by molar-refractivity contribution is 0.0636. The Kier molecular flexibility index (Phi) is 6.26. The molecule has 1 aliphatic carbocycles. The van der Waals surface area contributed by atoms with E-state index in [4.69, 9.17) is 21.1 Å². The lowest BCUT2D eigenvalue weighted by Crippen LogP contribution is -2.34. The summed E-state index contributed by atoms with van der Waals surface area (Å²) < 4.78 is 25.4. The highest BCUT2D eigenvalue weighted by molar-refractivity contribution is 6.30. The minimum atomic E-state index is -1.65. The number of nitrogens with one attached hydrogen (secondary N) is 1. The van der Waals surface area contributed by atoms with Gasteiger partial charge in [0.25, 0.3) is 0 Å². The Labute approximate surface area is 162 Å². The Hall–Kier alpha value is -2.41. The number of nitrogens with zero attached hydrogens (tertiary/aromatic N) is 1. The molecule has 0 saturated heterocycles. The smallest absolute Gasteiger partial charge is 0.412 e. The predicted molar refractivity (Wildman–Crippen MR) is 101 cm³/mol. The molecule has 8 heteroatoms. The molecule has 1 aromatic heterocycles. The number of allylic oxidation sites excluding steroid dienone is 3. The number of aldehydes is 1. The van der Waals surface area contributed by atoms with Crippen molar-refractivity contribution in [3.63, 3.8) is 0 Å². The number of pyridine rings is 1. The van der Waals surface area contributed by atoms with Gasteiger partial charge in [0.2, 0.25) is 0 Å². The van der Waals surface area contributed by atoms with Crippen LogP contribution < -0.4 is 10.1 Å². The number of hydrogen-bond donors (Lipinski definition) is 1. The zero-order valence-corrected chi connectivity index (χ0v) is 16.3. The average Bonchev–Trinajstić information content (AvgIpc) is 2.52. The third kappa shape index (κ3) is 5.79. The first-order chi connectivity index (χ1) is 12.5. The molecule has 1 aliphatic rings. The first-order valence-corrected chi connectivity index (χ1v) is 8.71. The molecule has 0 aliphatic heterocycles. The Balaban J connectivity index is 2.12. The summed E-state index contributed by atoms with van der Waals surface area (Å²) >= 11 is 6.10. The fraction of sp³-hybridized carbons (Fsp3) is 0.421. The summed E-state index contributed by atoms with van der Waals surface area (Å²) in [6.07, 6.45) is 5.67. The van der Waals surface area contributed by atoms with Gasteiger partial charge in [-0.15, -0.1) is 0 Å². The zero-order valence-electron chi connectivity index (χ0n) is 15.6. The molecule has 1 amide bonds. The van der Waals surface area contributed by atoms with Gasteiger partial charge in [0.15, 0.2) is 6.29 Å². The maximum Gasteiger partial charge on any atom is 0.412 e. The van der Waals surface area contributed by atoms with Gasteiger partial charge in [0.05, 0.1) is 24.4 Å². The SMILES string of the molecule is CC(C)(C)OC(=O)Nc1cc(OCC2C(Cl)=CC=CC2(C)F)cnc1C=O. The van der Waals surface area contributed by atoms with Gasteiger partial charge >= 0.3 is 6.09 Å². The zero-order chi connectivity index (χ0) is 20.2. The number of rotatable bonds is 5. The summed E-state index contributed by atoms with van der Waals surface area (Å²) in [5.74, 6) is -0.432. The second-order valence-corrected chi connectivity index (χ2v) is 7.71. The van der Waals surface area contributed by atoms with Crippen LogP contribution >= 0.6 is 11.6 Å². The van der Waals surface area contributed by atoms with Gasteiger partial charge in [-0.1, -0.05) is 17.7 Å². The Morgan fingerprint density at radius 1 is 1.48 bits per heavy atom. The molecule has 1 heterocycles. The molecule has 0 aromatic carbocycles. The number of anilines is 1. The molecule has 0 spiro atoms. The molecule has 0 fully saturated rings.